The Morgan fingerprint density at radius 2 is 2.00 bits per heavy atom. The quantitative estimate of drug-likeness (QED) is 0.424. The van der Waals surface area contributed by atoms with E-state index in [9.17, 15) is 0 Å². The topological polar surface area (TPSA) is 15.6 Å². The minimum atomic E-state index is 0.551. The van der Waals surface area contributed by atoms with Crippen LogP contribution in [-0.2, 0) is 0 Å². The summed E-state index contributed by atoms with van der Waals surface area (Å²) in [6.07, 6.45) is 0. The summed E-state index contributed by atoms with van der Waals surface area (Å²) in [5, 5.41) is 0. The first kappa shape index (κ1) is 9.47. The second-order valence-corrected chi connectivity index (χ2v) is 2.73. The van der Waals surface area contributed by atoms with E-state index in [0.29, 0.717) is 6.04 Å². The molecule has 0 N–H and O–H groups in total. The van der Waals surface area contributed by atoms with Gasteiger partial charge in [0.15, 0.2) is 0 Å². The summed E-state index contributed by atoms with van der Waals surface area (Å²) >= 11 is 0. The van der Waals surface area contributed by atoms with Gasteiger partial charge in [0.05, 0.1) is 5.84 Å². The average molecular weight is 142 g/mol. The van der Waals surface area contributed by atoms with Crippen LogP contribution in [0.5, 0.6) is 0 Å². The van der Waals surface area contributed by atoms with Crippen molar-refractivity contribution < 1.29 is 0 Å². The van der Waals surface area contributed by atoms with Crippen LogP contribution >= 0.6 is 0 Å². The van der Waals surface area contributed by atoms with E-state index < -0.39 is 0 Å². The van der Waals surface area contributed by atoms with Gasteiger partial charge < -0.3 is 4.90 Å². The highest BCUT2D eigenvalue weighted by Crippen LogP contribution is 1.94. The molecule has 0 bridgehead atoms. The molecule has 2 heteroatoms. The van der Waals surface area contributed by atoms with Crippen LogP contribution in [0.4, 0.5) is 0 Å². The molecule has 0 aliphatic rings. The molecule has 0 amide bonds. The van der Waals surface area contributed by atoms with Crippen molar-refractivity contribution >= 4 is 5.84 Å². The molecule has 0 aliphatic heterocycles. The minimum absolute atomic E-state index is 0.551. The summed E-state index contributed by atoms with van der Waals surface area (Å²) in [4.78, 5) is 6.46. The third-order valence-electron chi connectivity index (χ3n) is 1.67. The van der Waals surface area contributed by atoms with Crippen LogP contribution in [-0.4, -0.2) is 30.4 Å². The molecule has 0 fully saturated rings. The Bertz CT molecular complexity index is 116. The fourth-order valence-corrected chi connectivity index (χ4v) is 0.714. The Kier molecular flexibility index (Phi) is 4.08. The standard InChI is InChI=1S/C8H18N2/c1-6-9-8(4)10(5)7(2)3/h7H,6H2,1-5H3/b9-8-. The van der Waals surface area contributed by atoms with Gasteiger partial charge in [-0.15, -0.1) is 0 Å². The van der Waals surface area contributed by atoms with Crippen LogP contribution in [0.15, 0.2) is 4.99 Å². The van der Waals surface area contributed by atoms with E-state index in [-0.39, 0.29) is 0 Å². The van der Waals surface area contributed by atoms with Crippen molar-refractivity contribution in [2.45, 2.75) is 33.7 Å². The van der Waals surface area contributed by atoms with Crippen molar-refractivity contribution in [2.24, 2.45) is 4.99 Å². The zero-order valence-electron chi connectivity index (χ0n) is 7.68. The summed E-state index contributed by atoms with van der Waals surface area (Å²) in [6, 6.07) is 0.551. The molecule has 60 valence electrons. The second kappa shape index (κ2) is 4.31. The Morgan fingerprint density at radius 1 is 1.50 bits per heavy atom. The Morgan fingerprint density at radius 3 is 2.30 bits per heavy atom. The van der Waals surface area contributed by atoms with E-state index in [2.05, 4.69) is 37.7 Å². The van der Waals surface area contributed by atoms with Crippen LogP contribution < -0.4 is 0 Å². The molecule has 0 aliphatic carbocycles. The van der Waals surface area contributed by atoms with Gasteiger partial charge in [0, 0.05) is 19.6 Å². The molecule has 0 saturated carbocycles. The van der Waals surface area contributed by atoms with Crippen LogP contribution in [0.3, 0.4) is 0 Å². The molecule has 0 spiro atoms. The van der Waals surface area contributed by atoms with Gasteiger partial charge >= 0.3 is 0 Å². The Balaban J connectivity index is 3.93. The molecule has 0 aromatic heterocycles. The Hall–Kier alpha value is -0.530. The Labute approximate surface area is 63.9 Å². The van der Waals surface area contributed by atoms with E-state index >= 15 is 0 Å². The normalized spacial score (nSPS) is 12.4. The minimum Gasteiger partial charge on any atom is -0.361 e. The number of nitrogens with zero attached hydrogens (tertiary/aromatic N) is 2. The predicted molar refractivity (Wildman–Crippen MR) is 46.5 cm³/mol. The van der Waals surface area contributed by atoms with Gasteiger partial charge in [-0.05, 0) is 27.7 Å². The predicted octanol–water partition coefficient (Wildman–Crippen LogP) is 1.76. The van der Waals surface area contributed by atoms with Crippen molar-refractivity contribution in [3.63, 3.8) is 0 Å². The number of hydrogen-bond acceptors (Lipinski definition) is 1. The van der Waals surface area contributed by atoms with Gasteiger partial charge in [-0.1, -0.05) is 0 Å². The maximum atomic E-state index is 4.29. The van der Waals surface area contributed by atoms with Gasteiger partial charge in [0.1, 0.15) is 0 Å². The van der Waals surface area contributed by atoms with Crippen LogP contribution in [0, 0.1) is 0 Å². The van der Waals surface area contributed by atoms with Crippen molar-refractivity contribution in [1.82, 2.24) is 4.90 Å². The van der Waals surface area contributed by atoms with Gasteiger partial charge in [-0.25, -0.2) is 0 Å². The highest BCUT2D eigenvalue weighted by molar-refractivity contribution is 5.79. The molecular formula is C8H18N2. The van der Waals surface area contributed by atoms with Crippen molar-refractivity contribution in [3.05, 3.63) is 0 Å². The van der Waals surface area contributed by atoms with Crippen molar-refractivity contribution in [2.75, 3.05) is 13.6 Å². The lowest BCUT2D eigenvalue weighted by atomic mass is 10.3. The lowest BCUT2D eigenvalue weighted by molar-refractivity contribution is 0.414. The molecule has 0 unspecified atom stereocenters. The lowest BCUT2D eigenvalue weighted by Gasteiger charge is -2.22. The third kappa shape index (κ3) is 2.85. The third-order valence-corrected chi connectivity index (χ3v) is 1.67. The molecule has 10 heavy (non-hydrogen) atoms. The van der Waals surface area contributed by atoms with Gasteiger partial charge in [-0.3, -0.25) is 4.99 Å². The van der Waals surface area contributed by atoms with Crippen molar-refractivity contribution in [3.8, 4) is 0 Å². The van der Waals surface area contributed by atoms with Crippen LogP contribution in [0.25, 0.3) is 0 Å². The number of hydrogen-bond donors (Lipinski definition) is 0. The molecular weight excluding hydrogens is 124 g/mol. The molecule has 0 atom stereocenters. The van der Waals surface area contributed by atoms with E-state index in [4.69, 9.17) is 0 Å². The smallest absolute Gasteiger partial charge is 0.0957 e. The highest BCUT2D eigenvalue weighted by atomic mass is 15.2. The summed E-state index contributed by atoms with van der Waals surface area (Å²) < 4.78 is 0. The maximum Gasteiger partial charge on any atom is 0.0957 e. The highest BCUT2D eigenvalue weighted by Gasteiger charge is 2.02. The van der Waals surface area contributed by atoms with Gasteiger partial charge in [0.25, 0.3) is 0 Å². The van der Waals surface area contributed by atoms with Gasteiger partial charge in [-0.2, -0.15) is 0 Å². The zero-order valence-corrected chi connectivity index (χ0v) is 7.68. The second-order valence-electron chi connectivity index (χ2n) is 2.73. The summed E-state index contributed by atoms with van der Waals surface area (Å²) in [7, 11) is 2.07. The summed E-state index contributed by atoms with van der Waals surface area (Å²) in [5.74, 6) is 1.12. The molecule has 0 radical (unpaired) electrons. The largest absolute Gasteiger partial charge is 0.361 e. The van der Waals surface area contributed by atoms with Crippen LogP contribution in [0.2, 0.25) is 0 Å². The summed E-state index contributed by atoms with van der Waals surface area (Å²) in [6.45, 7) is 9.30. The zero-order chi connectivity index (χ0) is 8.15. The summed E-state index contributed by atoms with van der Waals surface area (Å²) in [5.41, 5.74) is 0. The first-order valence-corrected chi connectivity index (χ1v) is 3.83. The molecule has 0 rings (SSSR count). The van der Waals surface area contributed by atoms with E-state index in [1.807, 2.05) is 6.92 Å². The van der Waals surface area contributed by atoms with E-state index in [0.717, 1.165) is 12.4 Å². The van der Waals surface area contributed by atoms with Crippen LogP contribution in [0.1, 0.15) is 27.7 Å². The average Bonchev–Trinajstić information content (AvgIpc) is 1.87. The van der Waals surface area contributed by atoms with E-state index in [1.54, 1.807) is 0 Å². The lowest BCUT2D eigenvalue weighted by Crippen LogP contribution is -2.31. The SMILES string of the molecule is CC/N=C(/C)N(C)C(C)C. The maximum absolute atomic E-state index is 4.29. The molecule has 0 aromatic rings. The number of rotatable bonds is 2. The fraction of sp³-hybridized carbons (Fsp3) is 0.875. The molecule has 0 heterocycles. The molecule has 0 aromatic carbocycles. The van der Waals surface area contributed by atoms with Crippen molar-refractivity contribution in [1.29, 1.82) is 0 Å². The van der Waals surface area contributed by atoms with E-state index in [1.165, 1.54) is 0 Å². The fourth-order valence-electron chi connectivity index (χ4n) is 0.714. The van der Waals surface area contributed by atoms with Gasteiger partial charge in [0.2, 0.25) is 0 Å². The number of aliphatic imine (C=N–C) groups is 1. The number of amidine groups is 1. The molecule has 0 saturated heterocycles. The monoisotopic (exact) mass is 142 g/mol. The first-order chi connectivity index (χ1) is 4.59. The first-order valence-electron chi connectivity index (χ1n) is 3.83. The molecule has 2 nitrogen and oxygen atoms in total.